The molecule has 0 aliphatic heterocycles. The lowest BCUT2D eigenvalue weighted by molar-refractivity contribution is 0.0690. The molecule has 0 aliphatic rings. The van der Waals surface area contributed by atoms with Crippen molar-refractivity contribution in [1.82, 2.24) is 20.0 Å². The average Bonchev–Trinajstić information content (AvgIpc) is 2.97. The highest BCUT2D eigenvalue weighted by atomic mass is 16.5. The van der Waals surface area contributed by atoms with Gasteiger partial charge in [0, 0.05) is 19.3 Å². The zero-order valence-electron chi connectivity index (χ0n) is 10.2. The maximum Gasteiger partial charge on any atom is 0.356 e. The van der Waals surface area contributed by atoms with Crippen LogP contribution in [0.4, 0.5) is 0 Å². The lowest BCUT2D eigenvalue weighted by atomic mass is 10.2. The molecule has 2 heterocycles. The highest BCUT2D eigenvalue weighted by molar-refractivity contribution is 5.94. The van der Waals surface area contributed by atoms with E-state index in [9.17, 15) is 9.59 Å². The third-order valence-electron chi connectivity index (χ3n) is 2.50. The van der Waals surface area contributed by atoms with Gasteiger partial charge >= 0.3 is 5.97 Å². The molecule has 0 bridgehead atoms. The maximum atomic E-state index is 11.7. The molecule has 19 heavy (non-hydrogen) atoms. The van der Waals surface area contributed by atoms with Crippen LogP contribution in [-0.4, -0.2) is 38.2 Å². The first-order valence-corrected chi connectivity index (χ1v) is 5.52. The van der Waals surface area contributed by atoms with Crippen LogP contribution in [0.5, 0.6) is 0 Å². The van der Waals surface area contributed by atoms with Crippen LogP contribution < -0.4 is 5.32 Å². The fraction of sp³-hybridized carbons (Fsp3) is 0.273. The SMILES string of the molecule is Cc1oncc1C(=O)NCCn1cnc(C(=O)O)c1. The number of amides is 1. The van der Waals surface area contributed by atoms with Crippen molar-refractivity contribution >= 4 is 11.9 Å². The number of imidazole rings is 1. The number of aromatic carboxylic acids is 1. The van der Waals surface area contributed by atoms with Gasteiger partial charge in [-0.05, 0) is 6.92 Å². The molecule has 2 aromatic heterocycles. The van der Waals surface area contributed by atoms with Crippen molar-refractivity contribution in [1.29, 1.82) is 0 Å². The van der Waals surface area contributed by atoms with Gasteiger partial charge < -0.3 is 19.5 Å². The number of rotatable bonds is 5. The molecule has 0 aromatic carbocycles. The van der Waals surface area contributed by atoms with Gasteiger partial charge in [0.05, 0.1) is 12.5 Å². The Morgan fingerprint density at radius 1 is 1.53 bits per heavy atom. The number of hydrogen-bond acceptors (Lipinski definition) is 5. The van der Waals surface area contributed by atoms with Gasteiger partial charge in [-0.15, -0.1) is 0 Å². The van der Waals surface area contributed by atoms with E-state index in [1.165, 1.54) is 18.7 Å². The van der Waals surface area contributed by atoms with Crippen molar-refractivity contribution in [3.63, 3.8) is 0 Å². The molecular weight excluding hydrogens is 252 g/mol. The summed E-state index contributed by atoms with van der Waals surface area (Å²) in [7, 11) is 0. The van der Waals surface area contributed by atoms with Crippen LogP contribution in [0.15, 0.2) is 23.2 Å². The Labute approximate surface area is 108 Å². The average molecular weight is 264 g/mol. The Bertz CT molecular complexity index is 601. The van der Waals surface area contributed by atoms with E-state index in [-0.39, 0.29) is 11.6 Å². The molecule has 2 rings (SSSR count). The van der Waals surface area contributed by atoms with Crippen LogP contribution >= 0.6 is 0 Å². The summed E-state index contributed by atoms with van der Waals surface area (Å²) >= 11 is 0. The topological polar surface area (TPSA) is 110 Å². The van der Waals surface area contributed by atoms with Crippen molar-refractivity contribution in [2.24, 2.45) is 0 Å². The fourth-order valence-corrected chi connectivity index (χ4v) is 1.50. The monoisotopic (exact) mass is 264 g/mol. The third kappa shape index (κ3) is 2.97. The first-order valence-electron chi connectivity index (χ1n) is 5.52. The summed E-state index contributed by atoms with van der Waals surface area (Å²) in [6.45, 7) is 2.42. The molecule has 1 amide bonds. The smallest absolute Gasteiger partial charge is 0.356 e. The van der Waals surface area contributed by atoms with Crippen molar-refractivity contribution in [3.05, 3.63) is 35.7 Å². The molecule has 0 spiro atoms. The standard InChI is InChI=1S/C11H12N4O4/c1-7-8(4-14-19-7)10(16)12-2-3-15-5-9(11(17)18)13-6-15/h4-6H,2-3H2,1H3,(H,12,16)(H,17,18). The van der Waals surface area contributed by atoms with Crippen LogP contribution in [-0.2, 0) is 6.54 Å². The number of aryl methyl sites for hydroxylation is 1. The van der Waals surface area contributed by atoms with E-state index in [2.05, 4.69) is 15.5 Å². The van der Waals surface area contributed by atoms with Crippen LogP contribution in [0, 0.1) is 6.92 Å². The molecule has 0 aliphatic carbocycles. The van der Waals surface area contributed by atoms with Crippen molar-refractivity contribution < 1.29 is 19.2 Å². The Hall–Kier alpha value is -2.64. The van der Waals surface area contributed by atoms with Gasteiger partial charge in [-0.1, -0.05) is 5.16 Å². The Balaban J connectivity index is 1.85. The minimum absolute atomic E-state index is 0.0267. The van der Waals surface area contributed by atoms with Gasteiger partial charge in [0.15, 0.2) is 5.69 Å². The van der Waals surface area contributed by atoms with E-state index in [1.807, 2.05) is 0 Å². The van der Waals surface area contributed by atoms with Gasteiger partial charge in [-0.2, -0.15) is 0 Å². The number of carboxylic acids is 1. The number of carboxylic acid groups (broad SMARTS) is 1. The van der Waals surface area contributed by atoms with Gasteiger partial charge in [0.2, 0.25) is 0 Å². The zero-order chi connectivity index (χ0) is 13.8. The van der Waals surface area contributed by atoms with E-state index in [1.54, 1.807) is 11.5 Å². The van der Waals surface area contributed by atoms with E-state index in [0.29, 0.717) is 24.4 Å². The molecular formula is C11H12N4O4. The van der Waals surface area contributed by atoms with Gasteiger partial charge in [-0.3, -0.25) is 4.79 Å². The molecule has 0 fully saturated rings. The number of nitrogens with zero attached hydrogens (tertiary/aromatic N) is 3. The summed E-state index contributed by atoms with van der Waals surface area (Å²) in [5.41, 5.74) is 0.359. The van der Waals surface area contributed by atoms with Crippen LogP contribution in [0.3, 0.4) is 0 Å². The fourth-order valence-electron chi connectivity index (χ4n) is 1.50. The summed E-state index contributed by atoms with van der Waals surface area (Å²) in [4.78, 5) is 26.0. The molecule has 8 heteroatoms. The van der Waals surface area contributed by atoms with Crippen LogP contribution in [0.2, 0.25) is 0 Å². The van der Waals surface area contributed by atoms with E-state index < -0.39 is 5.97 Å². The Kier molecular flexibility index (Phi) is 3.60. The first kappa shape index (κ1) is 12.8. The van der Waals surface area contributed by atoms with Crippen molar-refractivity contribution in [2.75, 3.05) is 6.54 Å². The number of nitrogens with one attached hydrogen (secondary N) is 1. The molecule has 0 saturated heterocycles. The summed E-state index contributed by atoms with van der Waals surface area (Å²) < 4.78 is 6.38. The summed E-state index contributed by atoms with van der Waals surface area (Å²) in [6, 6.07) is 0. The molecule has 2 N–H and O–H groups in total. The van der Waals surface area contributed by atoms with Gasteiger partial charge in [0.25, 0.3) is 5.91 Å². The molecule has 2 aromatic rings. The lowest BCUT2D eigenvalue weighted by Gasteiger charge is -2.04. The molecule has 100 valence electrons. The first-order chi connectivity index (χ1) is 9.08. The molecule has 0 atom stereocenters. The highest BCUT2D eigenvalue weighted by Gasteiger charge is 2.12. The van der Waals surface area contributed by atoms with Crippen LogP contribution in [0.1, 0.15) is 26.6 Å². The Morgan fingerprint density at radius 3 is 2.89 bits per heavy atom. The largest absolute Gasteiger partial charge is 0.476 e. The second-order valence-electron chi connectivity index (χ2n) is 3.85. The number of carbonyl (C=O) groups excluding carboxylic acids is 1. The predicted octanol–water partition coefficient (Wildman–Crippen LogP) is 0.308. The zero-order valence-corrected chi connectivity index (χ0v) is 10.2. The normalized spacial score (nSPS) is 10.4. The van der Waals surface area contributed by atoms with Crippen molar-refractivity contribution in [3.8, 4) is 0 Å². The van der Waals surface area contributed by atoms with Crippen molar-refractivity contribution in [2.45, 2.75) is 13.5 Å². The summed E-state index contributed by atoms with van der Waals surface area (Å²) in [5.74, 6) is -0.909. The third-order valence-corrected chi connectivity index (χ3v) is 2.50. The molecule has 0 radical (unpaired) electrons. The second-order valence-corrected chi connectivity index (χ2v) is 3.85. The van der Waals surface area contributed by atoms with E-state index >= 15 is 0 Å². The Morgan fingerprint density at radius 2 is 2.32 bits per heavy atom. The van der Waals surface area contributed by atoms with Gasteiger partial charge in [0.1, 0.15) is 11.3 Å². The summed E-state index contributed by atoms with van der Waals surface area (Å²) in [5, 5.41) is 14.9. The highest BCUT2D eigenvalue weighted by Crippen LogP contribution is 2.04. The number of hydrogen-bond donors (Lipinski definition) is 2. The molecule has 8 nitrogen and oxygen atoms in total. The maximum absolute atomic E-state index is 11.7. The molecule has 0 unspecified atom stereocenters. The van der Waals surface area contributed by atoms with Gasteiger partial charge in [-0.25, -0.2) is 9.78 Å². The minimum Gasteiger partial charge on any atom is -0.476 e. The van der Waals surface area contributed by atoms with Crippen LogP contribution in [0.25, 0.3) is 0 Å². The van der Waals surface area contributed by atoms with E-state index in [0.717, 1.165) is 0 Å². The minimum atomic E-state index is -1.08. The van der Waals surface area contributed by atoms with E-state index in [4.69, 9.17) is 9.63 Å². The number of aromatic nitrogens is 3. The molecule has 0 saturated carbocycles. The second kappa shape index (κ2) is 5.34. The number of carbonyl (C=O) groups is 2. The quantitative estimate of drug-likeness (QED) is 0.804. The summed E-state index contributed by atoms with van der Waals surface area (Å²) in [6.07, 6.45) is 4.16. The lowest BCUT2D eigenvalue weighted by Crippen LogP contribution is -2.27. The predicted molar refractivity (Wildman–Crippen MR) is 62.8 cm³/mol.